The molecule has 0 aromatic heterocycles. The molecule has 9 heteroatoms. The van der Waals surface area contributed by atoms with E-state index in [1.165, 1.54) is 45.9 Å². The zero-order valence-corrected chi connectivity index (χ0v) is 16.4. The minimum absolute atomic E-state index is 0.0243. The van der Waals surface area contributed by atoms with Crippen LogP contribution < -0.4 is 4.90 Å². The number of halogens is 4. The molecule has 26 heavy (non-hydrogen) atoms. The Hall–Kier alpha value is -1.77. The topological polar surface area (TPSA) is 55.8 Å². The van der Waals surface area contributed by atoms with Crippen molar-refractivity contribution in [3.63, 3.8) is 0 Å². The second-order valence-electron chi connectivity index (χ2n) is 6.07. The third kappa shape index (κ3) is 6.86. The third-order valence-corrected chi connectivity index (χ3v) is 3.64. The highest BCUT2D eigenvalue weighted by Crippen LogP contribution is 2.31. The van der Waals surface area contributed by atoms with Gasteiger partial charge in [-0.3, -0.25) is 0 Å². The van der Waals surface area contributed by atoms with Crippen molar-refractivity contribution < 1.29 is 32.2 Å². The molecule has 0 aliphatic heterocycles. The summed E-state index contributed by atoms with van der Waals surface area (Å²) in [6.07, 6.45) is -5.88. The molecule has 0 N–H and O–H groups in total. The lowest BCUT2D eigenvalue weighted by atomic mass is 10.2. The van der Waals surface area contributed by atoms with Gasteiger partial charge in [-0.1, -0.05) is 12.1 Å². The van der Waals surface area contributed by atoms with Crippen LogP contribution in [0.25, 0.3) is 0 Å². The summed E-state index contributed by atoms with van der Waals surface area (Å²) in [5.41, 5.74) is 0.0243. The van der Waals surface area contributed by atoms with Crippen LogP contribution in [0, 0.1) is 0 Å². The molecular formula is C17H21BrF3NO4. The number of hydrogen-bond donors (Lipinski definition) is 0. The zero-order chi connectivity index (χ0) is 20.1. The van der Waals surface area contributed by atoms with Gasteiger partial charge in [-0.25, -0.2) is 9.59 Å². The maximum atomic E-state index is 13.2. The van der Waals surface area contributed by atoms with Gasteiger partial charge in [0, 0.05) is 4.47 Å². The van der Waals surface area contributed by atoms with Gasteiger partial charge < -0.3 is 14.4 Å². The number of benzene rings is 1. The average molecular weight is 440 g/mol. The number of esters is 2. The van der Waals surface area contributed by atoms with E-state index in [2.05, 4.69) is 15.9 Å². The quantitative estimate of drug-likeness (QED) is 0.473. The summed E-state index contributed by atoms with van der Waals surface area (Å²) in [5.74, 6) is -2.21. The van der Waals surface area contributed by atoms with Crippen molar-refractivity contribution in [2.45, 2.75) is 52.1 Å². The Morgan fingerprint density at radius 3 is 1.88 bits per heavy atom. The van der Waals surface area contributed by atoms with Gasteiger partial charge in [-0.05, 0) is 55.8 Å². The fraction of sp³-hybridized carbons (Fsp3) is 0.529. The van der Waals surface area contributed by atoms with E-state index < -0.39 is 42.9 Å². The van der Waals surface area contributed by atoms with Crippen LogP contribution in [0.15, 0.2) is 28.7 Å². The number of carbonyl (C=O) groups excluding carboxylic acids is 2. The summed E-state index contributed by atoms with van der Waals surface area (Å²) in [5, 5.41) is 0. The number of alkyl halides is 3. The molecule has 0 bridgehead atoms. The highest BCUT2D eigenvalue weighted by molar-refractivity contribution is 9.10. The van der Waals surface area contributed by atoms with Crippen LogP contribution in [0.5, 0.6) is 0 Å². The lowest BCUT2D eigenvalue weighted by Crippen LogP contribution is -2.53. The Balaban J connectivity index is 3.41. The minimum Gasteiger partial charge on any atom is -0.461 e. The molecule has 1 aromatic carbocycles. The summed E-state index contributed by atoms with van der Waals surface area (Å²) >= 11 is 3.16. The van der Waals surface area contributed by atoms with E-state index in [0.29, 0.717) is 9.37 Å². The van der Waals surface area contributed by atoms with Crippen molar-refractivity contribution in [1.82, 2.24) is 0 Å². The van der Waals surface area contributed by atoms with E-state index >= 15 is 0 Å². The first-order valence-electron chi connectivity index (χ1n) is 7.91. The smallest absolute Gasteiger partial charge is 0.405 e. The van der Waals surface area contributed by atoms with Crippen LogP contribution in [0.4, 0.5) is 18.9 Å². The molecule has 0 fully saturated rings. The van der Waals surface area contributed by atoms with E-state index in [-0.39, 0.29) is 5.69 Å². The van der Waals surface area contributed by atoms with Gasteiger partial charge in [0.2, 0.25) is 6.04 Å². The van der Waals surface area contributed by atoms with Crippen LogP contribution in [0.3, 0.4) is 0 Å². The molecular weight excluding hydrogens is 419 g/mol. The predicted octanol–water partition coefficient (Wildman–Crippen LogP) is 4.09. The second kappa shape index (κ2) is 9.25. The first kappa shape index (κ1) is 22.3. The van der Waals surface area contributed by atoms with Gasteiger partial charge in [0.05, 0.1) is 17.9 Å². The molecule has 0 atom stereocenters. The summed E-state index contributed by atoms with van der Waals surface area (Å²) < 4.78 is 49.8. The van der Waals surface area contributed by atoms with Crippen molar-refractivity contribution >= 4 is 33.6 Å². The summed E-state index contributed by atoms with van der Waals surface area (Å²) in [4.78, 5) is 25.5. The Kier molecular flexibility index (Phi) is 7.92. The van der Waals surface area contributed by atoms with Gasteiger partial charge in [-0.2, -0.15) is 13.2 Å². The maximum absolute atomic E-state index is 13.2. The summed E-state index contributed by atoms with van der Waals surface area (Å²) in [6, 6.07) is 4.10. The predicted molar refractivity (Wildman–Crippen MR) is 93.8 cm³/mol. The first-order chi connectivity index (χ1) is 11.9. The molecule has 146 valence electrons. The van der Waals surface area contributed by atoms with Crippen molar-refractivity contribution in [2.75, 3.05) is 11.4 Å². The normalized spacial score (nSPS) is 11.8. The summed E-state index contributed by atoms with van der Waals surface area (Å²) in [6.45, 7) is 4.62. The fourth-order valence-electron chi connectivity index (χ4n) is 2.14. The molecule has 0 amide bonds. The highest BCUT2D eigenvalue weighted by Gasteiger charge is 2.43. The Bertz CT molecular complexity index is 613. The van der Waals surface area contributed by atoms with Crippen LogP contribution in [0.2, 0.25) is 0 Å². The molecule has 0 aliphatic rings. The van der Waals surface area contributed by atoms with E-state index in [9.17, 15) is 22.8 Å². The van der Waals surface area contributed by atoms with Crippen LogP contribution >= 0.6 is 15.9 Å². The lowest BCUT2D eigenvalue weighted by molar-refractivity contribution is -0.162. The van der Waals surface area contributed by atoms with Crippen molar-refractivity contribution in [2.24, 2.45) is 0 Å². The molecule has 0 heterocycles. The van der Waals surface area contributed by atoms with Gasteiger partial charge >= 0.3 is 18.1 Å². The molecule has 0 aliphatic carbocycles. The van der Waals surface area contributed by atoms with Crippen molar-refractivity contribution in [3.05, 3.63) is 28.7 Å². The maximum Gasteiger partial charge on any atom is 0.405 e. The van der Waals surface area contributed by atoms with E-state index in [0.717, 1.165) is 0 Å². The van der Waals surface area contributed by atoms with Crippen LogP contribution in [-0.4, -0.2) is 42.9 Å². The molecule has 1 aromatic rings. The number of anilines is 1. The number of nitrogens with zero attached hydrogens (tertiary/aromatic N) is 1. The van der Waals surface area contributed by atoms with Crippen LogP contribution in [0.1, 0.15) is 27.7 Å². The Morgan fingerprint density at radius 2 is 1.50 bits per heavy atom. The average Bonchev–Trinajstić information content (AvgIpc) is 2.44. The molecule has 0 spiro atoms. The fourth-order valence-corrected chi connectivity index (χ4v) is 2.65. The molecule has 5 nitrogen and oxygen atoms in total. The number of carbonyl (C=O) groups is 2. The van der Waals surface area contributed by atoms with Crippen molar-refractivity contribution in [3.8, 4) is 0 Å². The first-order valence-corrected chi connectivity index (χ1v) is 8.70. The Morgan fingerprint density at radius 1 is 1.04 bits per heavy atom. The molecule has 0 unspecified atom stereocenters. The number of hydrogen-bond acceptors (Lipinski definition) is 5. The summed E-state index contributed by atoms with van der Waals surface area (Å²) in [7, 11) is 0. The third-order valence-electron chi connectivity index (χ3n) is 2.97. The van der Waals surface area contributed by atoms with Gasteiger partial charge in [0.15, 0.2) is 0 Å². The molecule has 0 saturated heterocycles. The van der Waals surface area contributed by atoms with Gasteiger partial charge in [0.1, 0.15) is 6.54 Å². The van der Waals surface area contributed by atoms with Gasteiger partial charge in [0.25, 0.3) is 0 Å². The highest BCUT2D eigenvalue weighted by atomic mass is 79.9. The van der Waals surface area contributed by atoms with Gasteiger partial charge in [-0.15, -0.1) is 0 Å². The van der Waals surface area contributed by atoms with E-state index in [1.807, 2.05) is 0 Å². The molecule has 1 rings (SSSR count). The van der Waals surface area contributed by atoms with E-state index in [4.69, 9.17) is 9.47 Å². The number of rotatable bonds is 7. The number of ether oxygens (including phenoxy) is 2. The largest absolute Gasteiger partial charge is 0.461 e. The zero-order valence-electron chi connectivity index (χ0n) is 14.8. The molecule has 0 radical (unpaired) electrons. The Labute approximate surface area is 158 Å². The number of para-hydroxylation sites is 1. The monoisotopic (exact) mass is 439 g/mol. The second-order valence-corrected chi connectivity index (χ2v) is 6.92. The standard InChI is InChI=1S/C17H21BrF3NO4/c1-10(2)25-15(23)14(16(24)26-11(3)4)22(9-17(19,20)21)13-8-6-5-7-12(13)18/h5-8,10-11,14H,9H2,1-4H3. The van der Waals surface area contributed by atoms with E-state index in [1.54, 1.807) is 6.07 Å². The van der Waals surface area contributed by atoms with Crippen LogP contribution in [-0.2, 0) is 19.1 Å². The molecule has 0 saturated carbocycles. The SMILES string of the molecule is CC(C)OC(=O)C(C(=O)OC(C)C)N(CC(F)(F)F)c1ccccc1Br. The van der Waals surface area contributed by atoms with Crippen molar-refractivity contribution in [1.29, 1.82) is 0 Å². The minimum atomic E-state index is -4.66. The lowest BCUT2D eigenvalue weighted by Gasteiger charge is -2.32.